The molecule has 0 heterocycles. The van der Waals surface area contributed by atoms with E-state index in [4.69, 9.17) is 4.74 Å². The van der Waals surface area contributed by atoms with Crippen molar-refractivity contribution in [2.75, 3.05) is 19.7 Å². The Morgan fingerprint density at radius 2 is 1.67 bits per heavy atom. The summed E-state index contributed by atoms with van der Waals surface area (Å²) in [5.41, 5.74) is 3.44. The summed E-state index contributed by atoms with van der Waals surface area (Å²) in [6, 6.07) is 15.9. The summed E-state index contributed by atoms with van der Waals surface area (Å²) in [5, 5.41) is 2.93. The maximum Gasteiger partial charge on any atom is 0.491 e. The molecule has 162 valence electrons. The third-order valence-electron chi connectivity index (χ3n) is 4.17. The molecule has 1 N–H and O–H groups in total. The van der Waals surface area contributed by atoms with E-state index in [9.17, 15) is 22.8 Å². The minimum Gasteiger partial charge on any atom is -0.493 e. The molecule has 2 aromatic carbocycles. The second-order valence-electron chi connectivity index (χ2n) is 6.74. The van der Waals surface area contributed by atoms with Crippen LogP contribution >= 0.6 is 0 Å². The number of aryl methyl sites for hydroxylation is 1. The molecule has 0 unspecified atom stereocenters. The number of carbonyl (C=O) groups excluding carboxylic acids is 2. The van der Waals surface area contributed by atoms with Gasteiger partial charge in [-0.1, -0.05) is 42.0 Å². The zero-order valence-electron chi connectivity index (χ0n) is 16.6. The van der Waals surface area contributed by atoms with Gasteiger partial charge < -0.3 is 14.8 Å². The first-order valence-corrected chi connectivity index (χ1v) is 9.54. The summed E-state index contributed by atoms with van der Waals surface area (Å²) in [7, 11) is 0. The summed E-state index contributed by atoms with van der Waals surface area (Å²) in [4.78, 5) is 21.8. The topological polar surface area (TPSA) is 64.6 Å². The Kier molecular flexibility index (Phi) is 8.86. The number of rotatable bonds is 10. The third kappa shape index (κ3) is 8.65. The number of halogens is 3. The van der Waals surface area contributed by atoms with E-state index in [2.05, 4.69) is 22.2 Å². The molecule has 30 heavy (non-hydrogen) atoms. The third-order valence-corrected chi connectivity index (χ3v) is 4.17. The van der Waals surface area contributed by atoms with Gasteiger partial charge in [0, 0.05) is 13.0 Å². The van der Waals surface area contributed by atoms with Crippen LogP contribution in [0.5, 0.6) is 5.75 Å². The Bertz CT molecular complexity index is 852. The molecule has 0 spiro atoms. The van der Waals surface area contributed by atoms with Crippen molar-refractivity contribution in [1.82, 2.24) is 5.32 Å². The van der Waals surface area contributed by atoms with Crippen molar-refractivity contribution in [3.63, 3.8) is 0 Å². The van der Waals surface area contributed by atoms with Crippen molar-refractivity contribution in [1.29, 1.82) is 0 Å². The Labute approximate surface area is 173 Å². The quantitative estimate of drug-likeness (QED) is 0.358. The summed E-state index contributed by atoms with van der Waals surface area (Å²) < 4.78 is 45.5. The fourth-order valence-corrected chi connectivity index (χ4v) is 2.71. The molecule has 8 heteroatoms. The highest BCUT2D eigenvalue weighted by molar-refractivity contribution is 5.88. The number of hydrogen-bond acceptors (Lipinski definition) is 5. The first kappa shape index (κ1) is 23.4. The number of carbonyl (C=O) groups is 2. The van der Waals surface area contributed by atoms with E-state index in [-0.39, 0.29) is 13.0 Å². The summed E-state index contributed by atoms with van der Waals surface area (Å²) in [5.74, 6) is -2.95. The van der Waals surface area contributed by atoms with Crippen LogP contribution in [0.15, 0.2) is 48.5 Å². The van der Waals surface area contributed by atoms with Gasteiger partial charge in [0.05, 0.1) is 13.0 Å². The van der Waals surface area contributed by atoms with E-state index in [0.717, 1.165) is 17.7 Å². The van der Waals surface area contributed by atoms with Crippen LogP contribution in [-0.2, 0) is 27.2 Å². The van der Waals surface area contributed by atoms with Crippen LogP contribution in [0.4, 0.5) is 13.2 Å². The fraction of sp³-hybridized carbons (Fsp3) is 0.364. The number of hydrogen-bond donors (Lipinski definition) is 1. The Morgan fingerprint density at radius 1 is 0.967 bits per heavy atom. The molecule has 0 amide bonds. The van der Waals surface area contributed by atoms with Gasteiger partial charge >= 0.3 is 18.1 Å². The number of nitrogens with one attached hydrogen (secondary N) is 1. The van der Waals surface area contributed by atoms with E-state index < -0.39 is 18.1 Å². The molecule has 0 aromatic heterocycles. The summed E-state index contributed by atoms with van der Waals surface area (Å²) >= 11 is 0. The number of esters is 2. The van der Waals surface area contributed by atoms with E-state index in [1.54, 1.807) is 0 Å². The second-order valence-corrected chi connectivity index (χ2v) is 6.74. The van der Waals surface area contributed by atoms with Gasteiger partial charge in [-0.25, -0.2) is 4.79 Å². The van der Waals surface area contributed by atoms with Crippen molar-refractivity contribution in [3.05, 3.63) is 65.2 Å². The van der Waals surface area contributed by atoms with Crippen LogP contribution in [0.1, 0.15) is 23.1 Å². The summed E-state index contributed by atoms with van der Waals surface area (Å²) in [6.07, 6.45) is -4.05. The van der Waals surface area contributed by atoms with Crippen molar-refractivity contribution in [2.45, 2.75) is 32.4 Å². The first-order chi connectivity index (χ1) is 14.2. The van der Waals surface area contributed by atoms with Crippen LogP contribution in [0, 0.1) is 6.92 Å². The molecule has 0 atom stereocenters. The van der Waals surface area contributed by atoms with Crippen LogP contribution < -0.4 is 10.1 Å². The highest BCUT2D eigenvalue weighted by Gasteiger charge is 2.42. The van der Waals surface area contributed by atoms with E-state index in [0.29, 0.717) is 19.6 Å². The largest absolute Gasteiger partial charge is 0.493 e. The zero-order valence-corrected chi connectivity index (χ0v) is 16.6. The molecular formula is C22H24F3NO4. The molecule has 0 saturated heterocycles. The van der Waals surface area contributed by atoms with Crippen LogP contribution in [0.25, 0.3) is 0 Å². The highest BCUT2D eigenvalue weighted by Crippen LogP contribution is 2.17. The standard InChI is InChI=1S/C22H24F3NO4/c1-16-4-2-5-18(14-16)10-13-29-19-7-3-6-17(15-19)8-11-26-12-9-20(27)30-21(28)22(23,24)25/h2-7,14-15,26H,8-13H2,1H3. The van der Waals surface area contributed by atoms with Gasteiger partial charge in [0.15, 0.2) is 0 Å². The molecule has 2 rings (SSSR count). The smallest absolute Gasteiger partial charge is 0.491 e. The van der Waals surface area contributed by atoms with Gasteiger partial charge in [0.2, 0.25) is 0 Å². The van der Waals surface area contributed by atoms with Gasteiger partial charge in [-0.3, -0.25) is 4.79 Å². The monoisotopic (exact) mass is 423 g/mol. The lowest BCUT2D eigenvalue weighted by atomic mass is 10.1. The minimum absolute atomic E-state index is 0.108. The predicted molar refractivity (Wildman–Crippen MR) is 105 cm³/mol. The fourth-order valence-electron chi connectivity index (χ4n) is 2.71. The molecule has 0 aliphatic rings. The molecule has 0 aliphatic heterocycles. The van der Waals surface area contributed by atoms with Crippen LogP contribution in [0.2, 0.25) is 0 Å². The average molecular weight is 423 g/mol. The van der Waals surface area contributed by atoms with Crippen molar-refractivity contribution >= 4 is 11.9 Å². The summed E-state index contributed by atoms with van der Waals surface area (Å²) in [6.45, 7) is 3.22. The minimum atomic E-state index is -5.17. The lowest BCUT2D eigenvalue weighted by molar-refractivity contribution is -0.201. The first-order valence-electron chi connectivity index (χ1n) is 9.54. The number of alkyl halides is 3. The predicted octanol–water partition coefficient (Wildman–Crippen LogP) is 3.77. The Morgan fingerprint density at radius 3 is 2.37 bits per heavy atom. The van der Waals surface area contributed by atoms with Gasteiger partial charge in [-0.2, -0.15) is 13.2 Å². The van der Waals surface area contributed by atoms with Crippen molar-refractivity contribution in [2.24, 2.45) is 0 Å². The molecule has 0 aliphatic carbocycles. The van der Waals surface area contributed by atoms with Crippen molar-refractivity contribution in [3.8, 4) is 5.75 Å². The van der Waals surface area contributed by atoms with E-state index in [1.165, 1.54) is 11.1 Å². The molecule has 5 nitrogen and oxygen atoms in total. The molecule has 0 fully saturated rings. The maximum absolute atomic E-state index is 12.0. The number of benzene rings is 2. The van der Waals surface area contributed by atoms with Gasteiger partial charge in [-0.05, 0) is 43.1 Å². The average Bonchev–Trinajstić information content (AvgIpc) is 2.67. The molecule has 0 bridgehead atoms. The molecule has 0 saturated carbocycles. The van der Waals surface area contributed by atoms with Gasteiger partial charge in [-0.15, -0.1) is 0 Å². The van der Waals surface area contributed by atoms with Crippen LogP contribution in [-0.4, -0.2) is 37.8 Å². The lowest BCUT2D eigenvalue weighted by Gasteiger charge is -2.09. The molecule has 0 radical (unpaired) electrons. The maximum atomic E-state index is 12.0. The van der Waals surface area contributed by atoms with E-state index in [1.807, 2.05) is 43.3 Å². The Hall–Kier alpha value is -2.87. The van der Waals surface area contributed by atoms with Gasteiger partial charge in [0.1, 0.15) is 5.75 Å². The highest BCUT2D eigenvalue weighted by atomic mass is 19.4. The Balaban J connectivity index is 1.65. The second kappa shape index (κ2) is 11.3. The zero-order chi connectivity index (χ0) is 22.0. The number of ether oxygens (including phenoxy) is 2. The van der Waals surface area contributed by atoms with Crippen molar-refractivity contribution < 1.29 is 32.2 Å². The molecule has 2 aromatic rings. The van der Waals surface area contributed by atoms with E-state index >= 15 is 0 Å². The van der Waals surface area contributed by atoms with Crippen LogP contribution in [0.3, 0.4) is 0 Å². The molecular weight excluding hydrogens is 399 g/mol. The lowest BCUT2D eigenvalue weighted by Crippen LogP contribution is -2.29. The SMILES string of the molecule is Cc1cccc(CCOc2cccc(CCNCCC(=O)OC(=O)C(F)(F)F)c2)c1. The van der Waals surface area contributed by atoms with Gasteiger partial charge in [0.25, 0.3) is 0 Å². The normalized spacial score (nSPS) is 11.2.